The third-order valence-electron chi connectivity index (χ3n) is 1.67. The van der Waals surface area contributed by atoms with Crippen LogP contribution in [0, 0.1) is 0 Å². The molecule has 0 aliphatic carbocycles. The molecule has 1 aliphatic rings. The highest BCUT2D eigenvalue weighted by atomic mass is 32.2. The lowest BCUT2D eigenvalue weighted by atomic mass is 10.2. The quantitative estimate of drug-likeness (QED) is 0.613. The largest absolute Gasteiger partial charge is 0.391 e. The molecule has 58 valence electrons. The van der Waals surface area contributed by atoms with Gasteiger partial charge in [0.1, 0.15) is 0 Å². The van der Waals surface area contributed by atoms with Crippen LogP contribution >= 0.6 is 10.5 Å². The van der Waals surface area contributed by atoms with E-state index in [1.165, 1.54) is 18.6 Å². The Hall–Kier alpha value is -0.240. The Kier molecular flexibility index (Phi) is 3.00. The maximum absolute atomic E-state index is 3.98. The van der Waals surface area contributed by atoms with Crippen LogP contribution in [0.4, 0.5) is 0 Å². The molecule has 1 N–H and O–H groups in total. The predicted octanol–water partition coefficient (Wildman–Crippen LogP) is 1.58. The van der Waals surface area contributed by atoms with Gasteiger partial charge in [0.15, 0.2) is 0 Å². The molecule has 0 aromatic rings. The molecule has 0 amide bonds. The molecule has 0 bridgehead atoms. The zero-order chi connectivity index (χ0) is 7.40. The maximum atomic E-state index is 3.98. The van der Waals surface area contributed by atoms with Crippen molar-refractivity contribution in [3.63, 3.8) is 0 Å². The lowest BCUT2D eigenvalue weighted by Gasteiger charge is -1.99. The zero-order valence-corrected chi connectivity index (χ0v) is 7.34. The molecular weight excluding hydrogens is 142 g/mol. The summed E-state index contributed by atoms with van der Waals surface area (Å²) < 4.78 is 0. The van der Waals surface area contributed by atoms with Crippen LogP contribution in [0.1, 0.15) is 12.8 Å². The minimum absolute atomic E-state index is 0.370. The van der Waals surface area contributed by atoms with Crippen molar-refractivity contribution in [2.75, 3.05) is 18.6 Å². The third-order valence-corrected chi connectivity index (χ3v) is 2.57. The second-order valence-electron chi connectivity index (χ2n) is 2.74. The fraction of sp³-hybridized carbons (Fsp3) is 0.625. The van der Waals surface area contributed by atoms with Crippen molar-refractivity contribution in [2.24, 2.45) is 0 Å². The molecule has 1 unspecified atom stereocenters. The third kappa shape index (κ3) is 2.56. The number of nitrogens with one attached hydrogen (secondary N) is 1. The fourth-order valence-corrected chi connectivity index (χ4v) is 1.63. The zero-order valence-electron chi connectivity index (χ0n) is 6.52. The number of hydrogen-bond acceptors (Lipinski definition) is 1. The van der Waals surface area contributed by atoms with Gasteiger partial charge in [-0.1, -0.05) is 11.4 Å². The van der Waals surface area contributed by atoms with Gasteiger partial charge in [0.25, 0.3) is 0 Å². The molecule has 1 nitrogen and oxygen atoms in total. The second kappa shape index (κ2) is 3.81. The van der Waals surface area contributed by atoms with Gasteiger partial charge in [-0.3, -0.25) is 0 Å². The van der Waals surface area contributed by atoms with E-state index < -0.39 is 0 Å². The van der Waals surface area contributed by atoms with E-state index in [0.29, 0.717) is 10.5 Å². The molecule has 1 atom stereocenters. The van der Waals surface area contributed by atoms with Crippen molar-refractivity contribution in [3.8, 4) is 0 Å². The average Bonchev–Trinajstić information content (AvgIpc) is 2.34. The predicted molar refractivity (Wildman–Crippen MR) is 50.8 cm³/mol. The first kappa shape index (κ1) is 7.86. The molecule has 1 rings (SSSR count). The van der Waals surface area contributed by atoms with Crippen LogP contribution in [0.25, 0.3) is 0 Å². The van der Waals surface area contributed by atoms with E-state index in [9.17, 15) is 0 Å². The van der Waals surface area contributed by atoms with Crippen LogP contribution in [-0.4, -0.2) is 24.4 Å². The van der Waals surface area contributed by atoms with Crippen molar-refractivity contribution >= 4 is 16.4 Å². The summed E-state index contributed by atoms with van der Waals surface area (Å²) in [5.41, 5.74) is 1.57. The maximum Gasteiger partial charge on any atom is 0.0179 e. The first-order valence-corrected chi connectivity index (χ1v) is 5.59. The topological polar surface area (TPSA) is 12.0 Å². The molecule has 0 saturated heterocycles. The molecule has 0 aromatic heterocycles. The second-order valence-corrected chi connectivity index (χ2v) is 4.71. The van der Waals surface area contributed by atoms with E-state index in [2.05, 4.69) is 23.6 Å². The van der Waals surface area contributed by atoms with Crippen LogP contribution in [0.5, 0.6) is 0 Å². The van der Waals surface area contributed by atoms with Crippen molar-refractivity contribution in [1.82, 2.24) is 5.32 Å². The first-order chi connectivity index (χ1) is 4.79. The normalized spacial score (nSPS) is 19.9. The first-order valence-electron chi connectivity index (χ1n) is 3.62. The summed E-state index contributed by atoms with van der Waals surface area (Å²) in [5.74, 6) is 5.24. The molecule has 1 aliphatic heterocycles. The van der Waals surface area contributed by atoms with Crippen LogP contribution in [-0.2, 0) is 0 Å². The summed E-state index contributed by atoms with van der Waals surface area (Å²) in [6.45, 7) is 1.14. The van der Waals surface area contributed by atoms with Gasteiger partial charge in [0, 0.05) is 6.54 Å². The van der Waals surface area contributed by atoms with Gasteiger partial charge < -0.3 is 5.32 Å². The van der Waals surface area contributed by atoms with Crippen molar-refractivity contribution in [1.29, 1.82) is 0 Å². The Morgan fingerprint density at radius 3 is 3.10 bits per heavy atom. The summed E-state index contributed by atoms with van der Waals surface area (Å²) in [4.78, 5) is 0. The smallest absolute Gasteiger partial charge is 0.0179 e. The highest BCUT2D eigenvalue weighted by Crippen LogP contribution is 2.14. The van der Waals surface area contributed by atoms with E-state index in [1.807, 2.05) is 0 Å². The van der Waals surface area contributed by atoms with Gasteiger partial charge in [-0.05, 0) is 31.1 Å². The molecule has 0 fully saturated rings. The Morgan fingerprint density at radius 2 is 2.60 bits per heavy atom. The summed E-state index contributed by atoms with van der Waals surface area (Å²) in [7, 11) is 0.370. The Morgan fingerprint density at radius 1 is 1.80 bits per heavy atom. The minimum atomic E-state index is 0.370. The summed E-state index contributed by atoms with van der Waals surface area (Å²) >= 11 is 0. The van der Waals surface area contributed by atoms with Crippen LogP contribution in [0.15, 0.2) is 11.8 Å². The summed E-state index contributed by atoms with van der Waals surface area (Å²) in [6.07, 6.45) is 6.85. The molecule has 2 heteroatoms. The molecule has 1 heterocycles. The van der Waals surface area contributed by atoms with Crippen LogP contribution in [0.3, 0.4) is 0 Å². The highest BCUT2D eigenvalue weighted by molar-refractivity contribution is 8.13. The van der Waals surface area contributed by atoms with Gasteiger partial charge >= 0.3 is 0 Å². The number of rotatable bonds is 3. The molecule has 0 saturated carbocycles. The van der Waals surface area contributed by atoms with Crippen molar-refractivity contribution in [3.05, 3.63) is 11.8 Å². The summed E-state index contributed by atoms with van der Waals surface area (Å²) in [6, 6.07) is 0. The summed E-state index contributed by atoms with van der Waals surface area (Å²) in [5, 5.41) is 3.22. The lowest BCUT2D eigenvalue weighted by molar-refractivity contribution is 0.890. The average molecular weight is 157 g/mol. The fourth-order valence-electron chi connectivity index (χ4n) is 1.02. The van der Waals surface area contributed by atoms with Crippen molar-refractivity contribution in [2.45, 2.75) is 12.8 Å². The van der Waals surface area contributed by atoms with Gasteiger partial charge in [-0.25, -0.2) is 0 Å². The van der Waals surface area contributed by atoms with E-state index in [1.54, 1.807) is 5.57 Å². The van der Waals surface area contributed by atoms with Crippen molar-refractivity contribution < 1.29 is 0 Å². The Balaban J connectivity index is 2.19. The van der Waals surface area contributed by atoms with Gasteiger partial charge in [-0.15, -0.1) is 0 Å². The number of hydrogen-bond donors (Lipinski definition) is 1. The van der Waals surface area contributed by atoms with Crippen LogP contribution < -0.4 is 5.32 Å². The molecular formula is C8H15NS. The lowest BCUT2D eigenvalue weighted by Crippen LogP contribution is -1.96. The molecule has 0 spiro atoms. The van der Waals surface area contributed by atoms with E-state index >= 15 is 0 Å². The van der Waals surface area contributed by atoms with E-state index in [0.717, 1.165) is 6.54 Å². The molecule has 0 radical (unpaired) electrons. The van der Waals surface area contributed by atoms with Crippen LogP contribution in [0.2, 0.25) is 0 Å². The molecule has 0 aromatic carbocycles. The van der Waals surface area contributed by atoms with Gasteiger partial charge in [0.2, 0.25) is 0 Å². The standard InChI is InChI=1S/C8H15NS/c1-10(2)6-4-8-3-5-9-7-8/h7,9H,1,3-6H2,2H3. The highest BCUT2D eigenvalue weighted by Gasteiger charge is 2.01. The Labute approximate surface area is 65.4 Å². The van der Waals surface area contributed by atoms with Gasteiger partial charge in [-0.2, -0.15) is 10.5 Å². The monoisotopic (exact) mass is 157 g/mol. The minimum Gasteiger partial charge on any atom is -0.391 e. The molecule has 10 heavy (non-hydrogen) atoms. The Bertz CT molecular complexity index is 161. The van der Waals surface area contributed by atoms with Gasteiger partial charge in [0.05, 0.1) is 0 Å². The van der Waals surface area contributed by atoms with E-state index in [4.69, 9.17) is 0 Å². The van der Waals surface area contributed by atoms with E-state index in [-0.39, 0.29) is 0 Å². The SMILES string of the molecule is C=S(C)CCC1=CNCC1.